The maximum Gasteiger partial charge on any atom is 0.159 e. The van der Waals surface area contributed by atoms with Gasteiger partial charge in [-0.1, -0.05) is 13.8 Å². The van der Waals surface area contributed by atoms with Crippen molar-refractivity contribution >= 4 is 5.78 Å². The minimum Gasteiger partial charge on any atom is -0.379 e. The van der Waals surface area contributed by atoms with Crippen LogP contribution in [0.3, 0.4) is 0 Å². The monoisotopic (exact) mass is 383 g/mol. The third-order valence-electron chi connectivity index (χ3n) is 3.37. The van der Waals surface area contributed by atoms with E-state index in [0.29, 0.717) is 51.8 Å². The minimum atomic E-state index is 0.0634. The van der Waals surface area contributed by atoms with Crippen molar-refractivity contribution in [1.82, 2.24) is 4.98 Å². The van der Waals surface area contributed by atoms with E-state index in [-0.39, 0.29) is 11.9 Å². The number of nitrogens with zero attached hydrogens (tertiary/aromatic N) is 1. The summed E-state index contributed by atoms with van der Waals surface area (Å²) in [7, 11) is 0. The van der Waals surface area contributed by atoms with Crippen LogP contribution in [0.4, 0.5) is 0 Å². The molecular weight excluding hydrogens is 346 g/mol. The van der Waals surface area contributed by atoms with Crippen molar-refractivity contribution in [2.24, 2.45) is 0 Å². The van der Waals surface area contributed by atoms with Gasteiger partial charge in [-0.05, 0) is 45.7 Å². The second-order valence-electron chi connectivity index (χ2n) is 5.95. The summed E-state index contributed by atoms with van der Waals surface area (Å²) in [5, 5.41) is 0. The summed E-state index contributed by atoms with van der Waals surface area (Å²) in [6, 6.07) is 3.58. The van der Waals surface area contributed by atoms with Crippen LogP contribution in [0.2, 0.25) is 0 Å². The Labute approximate surface area is 164 Å². The lowest BCUT2D eigenvalue weighted by Gasteiger charge is -2.09. The maximum atomic E-state index is 11.3. The lowest BCUT2D eigenvalue weighted by Crippen LogP contribution is -2.13. The molecule has 6 nitrogen and oxygen atoms in total. The van der Waals surface area contributed by atoms with Crippen molar-refractivity contribution in [2.45, 2.75) is 53.6 Å². The Hall–Kier alpha value is -1.34. The molecule has 1 aromatic heterocycles. The summed E-state index contributed by atoms with van der Waals surface area (Å²) in [6.45, 7) is 13.7. The Bertz CT molecular complexity index is 479. The molecule has 0 N–H and O–H groups in total. The van der Waals surface area contributed by atoms with E-state index in [4.69, 9.17) is 18.9 Å². The SMILES string of the molecule is CC.CC(=O)c1ccnc(CCCOCCOCCOCCOC(C)C)c1. The number of ether oxygens (including phenoxy) is 4. The lowest BCUT2D eigenvalue weighted by molar-refractivity contribution is -0.0118. The van der Waals surface area contributed by atoms with Crippen LogP contribution >= 0.6 is 0 Å². The molecule has 0 aromatic carbocycles. The molecule has 0 bridgehead atoms. The molecule has 0 amide bonds. The van der Waals surface area contributed by atoms with E-state index in [0.717, 1.165) is 18.5 Å². The third-order valence-corrected chi connectivity index (χ3v) is 3.37. The van der Waals surface area contributed by atoms with E-state index in [1.54, 1.807) is 19.2 Å². The van der Waals surface area contributed by atoms with Crippen LogP contribution in [-0.2, 0) is 25.4 Å². The topological polar surface area (TPSA) is 66.9 Å². The fourth-order valence-corrected chi connectivity index (χ4v) is 2.07. The maximum absolute atomic E-state index is 11.3. The molecule has 0 atom stereocenters. The Morgan fingerprint density at radius 3 is 2.07 bits per heavy atom. The molecule has 1 aromatic rings. The predicted molar refractivity (Wildman–Crippen MR) is 107 cm³/mol. The molecule has 27 heavy (non-hydrogen) atoms. The summed E-state index contributed by atoms with van der Waals surface area (Å²) in [5.41, 5.74) is 1.63. The summed E-state index contributed by atoms with van der Waals surface area (Å²) in [4.78, 5) is 15.6. The first kappa shape index (κ1) is 25.7. The van der Waals surface area contributed by atoms with Gasteiger partial charge in [0.05, 0.1) is 45.7 Å². The van der Waals surface area contributed by atoms with Crippen LogP contribution in [0.1, 0.15) is 57.1 Å². The van der Waals surface area contributed by atoms with Crippen LogP contribution in [-0.4, -0.2) is 63.1 Å². The summed E-state index contributed by atoms with van der Waals surface area (Å²) >= 11 is 0. The molecule has 0 radical (unpaired) electrons. The number of ketones is 1. The van der Waals surface area contributed by atoms with Gasteiger partial charge >= 0.3 is 0 Å². The van der Waals surface area contributed by atoms with Crippen molar-refractivity contribution in [3.8, 4) is 0 Å². The van der Waals surface area contributed by atoms with Crippen molar-refractivity contribution in [1.29, 1.82) is 0 Å². The minimum absolute atomic E-state index is 0.0634. The fraction of sp³-hybridized carbons (Fsp3) is 0.714. The molecule has 0 aliphatic carbocycles. The van der Waals surface area contributed by atoms with Gasteiger partial charge in [-0.3, -0.25) is 9.78 Å². The molecule has 6 heteroatoms. The quantitative estimate of drug-likeness (QED) is 0.340. The van der Waals surface area contributed by atoms with Gasteiger partial charge in [-0.25, -0.2) is 0 Å². The van der Waals surface area contributed by atoms with Crippen LogP contribution in [0.25, 0.3) is 0 Å². The molecule has 0 saturated carbocycles. The third kappa shape index (κ3) is 15.4. The molecule has 156 valence electrons. The predicted octanol–water partition coefficient (Wildman–Crippen LogP) is 3.72. The smallest absolute Gasteiger partial charge is 0.159 e. The highest BCUT2D eigenvalue weighted by Crippen LogP contribution is 2.05. The number of rotatable bonds is 15. The van der Waals surface area contributed by atoms with E-state index in [9.17, 15) is 4.79 Å². The number of carbonyl (C=O) groups excluding carboxylic acids is 1. The highest BCUT2D eigenvalue weighted by molar-refractivity contribution is 5.93. The Balaban J connectivity index is 0.00000326. The van der Waals surface area contributed by atoms with Gasteiger partial charge in [0.1, 0.15) is 0 Å². The van der Waals surface area contributed by atoms with Crippen molar-refractivity contribution in [2.75, 3.05) is 46.2 Å². The van der Waals surface area contributed by atoms with Gasteiger partial charge in [0.2, 0.25) is 0 Å². The Morgan fingerprint density at radius 2 is 1.52 bits per heavy atom. The second kappa shape index (κ2) is 18.0. The Morgan fingerprint density at radius 1 is 0.963 bits per heavy atom. The van der Waals surface area contributed by atoms with E-state index < -0.39 is 0 Å². The molecule has 0 fully saturated rings. The summed E-state index contributed by atoms with van der Waals surface area (Å²) in [6.07, 6.45) is 3.59. The molecule has 0 aliphatic heterocycles. The molecule has 0 unspecified atom stereocenters. The largest absolute Gasteiger partial charge is 0.379 e. The van der Waals surface area contributed by atoms with Gasteiger partial charge < -0.3 is 18.9 Å². The summed E-state index contributed by atoms with van der Waals surface area (Å²) < 4.78 is 21.7. The van der Waals surface area contributed by atoms with Gasteiger partial charge in [0.15, 0.2) is 5.78 Å². The average Bonchev–Trinajstić information content (AvgIpc) is 2.67. The number of aromatic nitrogens is 1. The van der Waals surface area contributed by atoms with Gasteiger partial charge in [-0.15, -0.1) is 0 Å². The zero-order valence-corrected chi connectivity index (χ0v) is 17.7. The van der Waals surface area contributed by atoms with Crippen LogP contribution in [0, 0.1) is 0 Å². The zero-order chi connectivity index (χ0) is 20.3. The molecule has 1 rings (SSSR count). The molecule has 0 aliphatic rings. The molecule has 0 saturated heterocycles. The first-order chi connectivity index (χ1) is 13.1. The lowest BCUT2D eigenvalue weighted by atomic mass is 10.1. The van der Waals surface area contributed by atoms with E-state index in [1.165, 1.54) is 0 Å². The van der Waals surface area contributed by atoms with Gasteiger partial charge in [-0.2, -0.15) is 0 Å². The first-order valence-electron chi connectivity index (χ1n) is 9.90. The zero-order valence-electron chi connectivity index (χ0n) is 17.7. The van der Waals surface area contributed by atoms with Crippen LogP contribution in [0.5, 0.6) is 0 Å². The second-order valence-corrected chi connectivity index (χ2v) is 5.95. The van der Waals surface area contributed by atoms with E-state index in [2.05, 4.69) is 4.98 Å². The number of carbonyl (C=O) groups is 1. The summed E-state index contributed by atoms with van der Waals surface area (Å²) in [5.74, 6) is 0.0634. The molecule has 0 spiro atoms. The van der Waals surface area contributed by atoms with Crippen molar-refractivity contribution in [3.63, 3.8) is 0 Å². The van der Waals surface area contributed by atoms with E-state index >= 15 is 0 Å². The number of pyridine rings is 1. The number of hydrogen-bond acceptors (Lipinski definition) is 6. The van der Waals surface area contributed by atoms with Crippen LogP contribution < -0.4 is 0 Å². The standard InChI is InChI=1S/C19H31NO5.C2H6/c1-16(2)25-14-13-24-12-11-23-10-9-22-8-4-5-19-15-18(17(3)21)6-7-20-19;1-2/h6-7,15-16H,4-5,8-14H2,1-3H3;1-2H3. The average molecular weight is 384 g/mol. The van der Waals surface area contributed by atoms with Gasteiger partial charge in [0.25, 0.3) is 0 Å². The highest BCUT2D eigenvalue weighted by atomic mass is 16.6. The first-order valence-corrected chi connectivity index (χ1v) is 9.90. The van der Waals surface area contributed by atoms with Crippen molar-refractivity contribution < 1.29 is 23.7 Å². The number of aryl methyl sites for hydroxylation is 1. The van der Waals surface area contributed by atoms with E-state index in [1.807, 2.05) is 33.8 Å². The number of hydrogen-bond donors (Lipinski definition) is 0. The highest BCUT2D eigenvalue weighted by Gasteiger charge is 2.01. The van der Waals surface area contributed by atoms with Gasteiger partial charge in [0, 0.05) is 24.1 Å². The fourth-order valence-electron chi connectivity index (χ4n) is 2.07. The molecular formula is C21H37NO5. The normalized spacial score (nSPS) is 10.6. The van der Waals surface area contributed by atoms with Crippen LogP contribution in [0.15, 0.2) is 18.3 Å². The Kier molecular flexibility index (Phi) is 17.1. The number of Topliss-reactive ketones (excluding diaryl/α,β-unsaturated/α-hetero) is 1. The van der Waals surface area contributed by atoms with Crippen molar-refractivity contribution in [3.05, 3.63) is 29.6 Å². The molecule has 1 heterocycles.